The standard InChI is InChI=1S/C5H9NO/c6-4-2-1-3-5(4)7/h5-7H,1-3H2. The Morgan fingerprint density at radius 3 is 2.57 bits per heavy atom. The average molecular weight is 99.1 g/mol. The zero-order valence-electron chi connectivity index (χ0n) is 4.15. The van der Waals surface area contributed by atoms with E-state index in [1.54, 1.807) is 0 Å². The van der Waals surface area contributed by atoms with Crippen LogP contribution in [0.2, 0.25) is 0 Å². The Labute approximate surface area is 42.7 Å². The fourth-order valence-corrected chi connectivity index (χ4v) is 0.827. The molecule has 0 saturated heterocycles. The molecule has 0 bridgehead atoms. The largest absolute Gasteiger partial charge is 0.387 e. The number of hydrogen-bond donors (Lipinski definition) is 2. The van der Waals surface area contributed by atoms with Gasteiger partial charge in [-0.05, 0) is 19.3 Å². The van der Waals surface area contributed by atoms with Crippen molar-refractivity contribution in [1.82, 2.24) is 0 Å². The molecule has 0 radical (unpaired) electrons. The lowest BCUT2D eigenvalue weighted by molar-refractivity contribution is 0.241. The molecule has 0 spiro atoms. The van der Waals surface area contributed by atoms with Gasteiger partial charge in [-0.2, -0.15) is 0 Å². The van der Waals surface area contributed by atoms with Crippen LogP contribution in [0.5, 0.6) is 0 Å². The van der Waals surface area contributed by atoms with Crippen LogP contribution in [-0.4, -0.2) is 16.9 Å². The van der Waals surface area contributed by atoms with Gasteiger partial charge in [-0.25, -0.2) is 0 Å². The maximum Gasteiger partial charge on any atom is 0.0914 e. The van der Waals surface area contributed by atoms with Gasteiger partial charge in [-0.3, -0.25) is 0 Å². The summed E-state index contributed by atoms with van der Waals surface area (Å²) in [5.74, 6) is 0. The molecule has 7 heavy (non-hydrogen) atoms. The van der Waals surface area contributed by atoms with Crippen LogP contribution in [0.1, 0.15) is 19.3 Å². The summed E-state index contributed by atoms with van der Waals surface area (Å²) in [7, 11) is 0. The second-order valence-corrected chi connectivity index (χ2v) is 1.93. The molecule has 2 N–H and O–H groups in total. The number of hydrogen-bond acceptors (Lipinski definition) is 2. The Bertz CT molecular complexity index is 90.1. The van der Waals surface area contributed by atoms with Crippen molar-refractivity contribution in [3.8, 4) is 0 Å². The molecule has 0 heterocycles. The molecule has 0 aliphatic heterocycles. The normalized spacial score (nSPS) is 31.6. The summed E-state index contributed by atoms with van der Waals surface area (Å²) in [5, 5.41) is 15.8. The Balaban J connectivity index is 2.48. The van der Waals surface area contributed by atoms with Crippen molar-refractivity contribution < 1.29 is 5.11 Å². The maximum atomic E-state index is 8.77. The van der Waals surface area contributed by atoms with Crippen LogP contribution in [0.25, 0.3) is 0 Å². The molecule has 1 saturated carbocycles. The molecule has 1 atom stereocenters. The molecule has 2 heteroatoms. The summed E-state index contributed by atoms with van der Waals surface area (Å²) in [6, 6.07) is 0. The van der Waals surface area contributed by atoms with Crippen LogP contribution < -0.4 is 0 Å². The first kappa shape index (κ1) is 4.78. The summed E-state index contributed by atoms with van der Waals surface area (Å²) in [4.78, 5) is 0. The highest BCUT2D eigenvalue weighted by atomic mass is 16.3. The van der Waals surface area contributed by atoms with Gasteiger partial charge in [0.15, 0.2) is 0 Å². The molecule has 0 aromatic carbocycles. The van der Waals surface area contributed by atoms with Crippen molar-refractivity contribution in [3.05, 3.63) is 0 Å². The summed E-state index contributed by atoms with van der Waals surface area (Å²) < 4.78 is 0. The number of aliphatic hydroxyl groups is 1. The van der Waals surface area contributed by atoms with Gasteiger partial charge in [0, 0.05) is 5.71 Å². The predicted octanol–water partition coefficient (Wildman–Crippen LogP) is 0.551. The van der Waals surface area contributed by atoms with E-state index in [4.69, 9.17) is 10.5 Å². The average Bonchev–Trinajstić information content (AvgIpc) is 1.91. The van der Waals surface area contributed by atoms with E-state index in [1.165, 1.54) is 0 Å². The van der Waals surface area contributed by atoms with Crippen LogP contribution in [0, 0.1) is 5.41 Å². The first-order valence-corrected chi connectivity index (χ1v) is 2.56. The van der Waals surface area contributed by atoms with Crippen molar-refractivity contribution in [3.63, 3.8) is 0 Å². The van der Waals surface area contributed by atoms with E-state index in [2.05, 4.69) is 0 Å². The maximum absolute atomic E-state index is 8.77. The number of nitrogens with one attached hydrogen (secondary N) is 1. The van der Waals surface area contributed by atoms with Crippen LogP contribution in [-0.2, 0) is 0 Å². The Morgan fingerprint density at radius 1 is 1.71 bits per heavy atom. The zero-order valence-corrected chi connectivity index (χ0v) is 4.15. The van der Waals surface area contributed by atoms with Crippen LogP contribution in [0.3, 0.4) is 0 Å². The van der Waals surface area contributed by atoms with Crippen LogP contribution >= 0.6 is 0 Å². The Hall–Kier alpha value is -0.370. The van der Waals surface area contributed by atoms with Gasteiger partial charge in [-0.15, -0.1) is 0 Å². The first-order chi connectivity index (χ1) is 3.30. The van der Waals surface area contributed by atoms with Gasteiger partial charge in [0.1, 0.15) is 0 Å². The summed E-state index contributed by atoms with van der Waals surface area (Å²) in [6.45, 7) is 0. The molecule has 0 aromatic rings. The topological polar surface area (TPSA) is 44.1 Å². The second kappa shape index (κ2) is 1.62. The second-order valence-electron chi connectivity index (χ2n) is 1.93. The third-order valence-electron chi connectivity index (χ3n) is 1.33. The van der Waals surface area contributed by atoms with Crippen LogP contribution in [0.4, 0.5) is 0 Å². The third kappa shape index (κ3) is 0.800. The van der Waals surface area contributed by atoms with Gasteiger partial charge in [0.2, 0.25) is 0 Å². The van der Waals surface area contributed by atoms with Gasteiger partial charge in [0.25, 0.3) is 0 Å². The highest BCUT2D eigenvalue weighted by Crippen LogP contribution is 2.13. The molecule has 2 nitrogen and oxygen atoms in total. The lowest BCUT2D eigenvalue weighted by Crippen LogP contribution is -2.09. The molecular formula is C5H9NO. The third-order valence-corrected chi connectivity index (χ3v) is 1.33. The van der Waals surface area contributed by atoms with E-state index in [0.717, 1.165) is 19.3 Å². The minimum Gasteiger partial charge on any atom is -0.387 e. The van der Waals surface area contributed by atoms with Gasteiger partial charge >= 0.3 is 0 Å². The van der Waals surface area contributed by atoms with Gasteiger partial charge in [0.05, 0.1) is 6.10 Å². The van der Waals surface area contributed by atoms with E-state index in [0.29, 0.717) is 5.71 Å². The lowest BCUT2D eigenvalue weighted by Gasteiger charge is -1.94. The van der Waals surface area contributed by atoms with Crippen molar-refractivity contribution in [1.29, 1.82) is 5.41 Å². The highest BCUT2D eigenvalue weighted by molar-refractivity contribution is 5.87. The predicted molar refractivity (Wildman–Crippen MR) is 27.6 cm³/mol. The monoisotopic (exact) mass is 99.1 g/mol. The SMILES string of the molecule is N=C1CCCC1O. The summed E-state index contributed by atoms with van der Waals surface area (Å²) in [6.07, 6.45) is 2.21. The molecular weight excluding hydrogens is 90.1 g/mol. The zero-order chi connectivity index (χ0) is 5.28. The van der Waals surface area contributed by atoms with E-state index in [-0.39, 0.29) is 0 Å². The van der Waals surface area contributed by atoms with Crippen molar-refractivity contribution >= 4 is 5.71 Å². The fraction of sp³-hybridized carbons (Fsp3) is 0.800. The van der Waals surface area contributed by atoms with E-state index < -0.39 is 6.10 Å². The molecule has 1 rings (SSSR count). The minimum absolute atomic E-state index is 0.403. The lowest BCUT2D eigenvalue weighted by atomic mass is 10.3. The molecule has 0 aromatic heterocycles. The van der Waals surface area contributed by atoms with Crippen molar-refractivity contribution in [2.75, 3.05) is 0 Å². The molecule has 0 amide bonds. The summed E-state index contributed by atoms with van der Waals surface area (Å²) in [5.41, 5.74) is 0.514. The van der Waals surface area contributed by atoms with Gasteiger partial charge in [-0.1, -0.05) is 0 Å². The van der Waals surface area contributed by atoms with Gasteiger partial charge < -0.3 is 10.5 Å². The van der Waals surface area contributed by atoms with Crippen molar-refractivity contribution in [2.45, 2.75) is 25.4 Å². The van der Waals surface area contributed by atoms with Crippen LogP contribution in [0.15, 0.2) is 0 Å². The fourth-order valence-electron chi connectivity index (χ4n) is 0.827. The van der Waals surface area contributed by atoms with E-state index in [1.807, 2.05) is 0 Å². The Morgan fingerprint density at radius 2 is 2.43 bits per heavy atom. The summed E-state index contributed by atoms with van der Waals surface area (Å²) >= 11 is 0. The quantitative estimate of drug-likeness (QED) is 0.457. The molecule has 1 unspecified atom stereocenters. The number of aliphatic hydroxyl groups excluding tert-OH is 1. The molecule has 1 aliphatic rings. The van der Waals surface area contributed by atoms with E-state index in [9.17, 15) is 0 Å². The van der Waals surface area contributed by atoms with E-state index >= 15 is 0 Å². The van der Waals surface area contributed by atoms with Crippen molar-refractivity contribution in [2.24, 2.45) is 0 Å². The molecule has 40 valence electrons. The molecule has 1 fully saturated rings. The Kier molecular flexibility index (Phi) is 1.11. The smallest absolute Gasteiger partial charge is 0.0914 e. The molecule has 1 aliphatic carbocycles. The number of rotatable bonds is 0. The first-order valence-electron chi connectivity index (χ1n) is 2.56. The highest BCUT2D eigenvalue weighted by Gasteiger charge is 2.16. The minimum atomic E-state index is -0.403.